The third-order valence-electron chi connectivity index (χ3n) is 6.90. The van der Waals surface area contributed by atoms with E-state index >= 15 is 0 Å². The number of alkyl halides is 3. The monoisotopic (exact) mass is 543 g/mol. The maximum Gasteiger partial charge on any atom is 0.416 e. The number of carbonyl (C=O) groups excluding carboxylic acids is 2. The van der Waals surface area contributed by atoms with Crippen molar-refractivity contribution < 1.29 is 37.0 Å². The molecule has 2 aromatic rings. The standard InChI is InChI=1S/C30H32F3NO5/c1-6-38-28(36)25-17(2)34-21-14-29(3,4)15-22(35)27(21)26(25)19-10-11-23(24(13-19)37-5)39-16-18-8-7-9-20(12-18)30(31,32)33/h7-13,26,34H,6,14-16H2,1-5H3. The summed E-state index contributed by atoms with van der Waals surface area (Å²) in [5.74, 6) is -0.589. The Labute approximate surface area is 225 Å². The van der Waals surface area contributed by atoms with Crippen molar-refractivity contribution in [1.29, 1.82) is 0 Å². The van der Waals surface area contributed by atoms with Crippen LogP contribution in [0.25, 0.3) is 0 Å². The molecular formula is C30H32F3NO5. The molecule has 0 radical (unpaired) electrons. The first-order valence-electron chi connectivity index (χ1n) is 12.7. The van der Waals surface area contributed by atoms with Gasteiger partial charge in [0.2, 0.25) is 0 Å². The number of dihydropyridines is 1. The summed E-state index contributed by atoms with van der Waals surface area (Å²) in [7, 11) is 1.45. The molecule has 0 saturated carbocycles. The average Bonchev–Trinajstić information content (AvgIpc) is 2.85. The molecule has 4 rings (SSSR count). The lowest BCUT2D eigenvalue weighted by atomic mass is 9.68. The van der Waals surface area contributed by atoms with Gasteiger partial charge in [-0.1, -0.05) is 32.0 Å². The summed E-state index contributed by atoms with van der Waals surface area (Å²) in [4.78, 5) is 26.5. The second kappa shape index (κ2) is 10.8. The highest BCUT2D eigenvalue weighted by atomic mass is 19.4. The molecule has 0 bridgehead atoms. The SMILES string of the molecule is CCOC(=O)C1=C(C)NC2=C(C(=O)CC(C)(C)C2)C1c1ccc(OCc2cccc(C(F)(F)F)c2)c(OC)c1. The molecule has 6 nitrogen and oxygen atoms in total. The maximum atomic E-state index is 13.4. The molecule has 0 aromatic heterocycles. The Hall–Kier alpha value is -3.75. The van der Waals surface area contributed by atoms with Crippen molar-refractivity contribution in [3.8, 4) is 11.5 Å². The maximum absolute atomic E-state index is 13.4. The second-order valence-electron chi connectivity index (χ2n) is 10.5. The number of rotatable bonds is 7. The van der Waals surface area contributed by atoms with Crippen molar-refractivity contribution in [3.05, 3.63) is 81.7 Å². The second-order valence-corrected chi connectivity index (χ2v) is 10.5. The topological polar surface area (TPSA) is 73.9 Å². The number of ketones is 1. The molecule has 1 unspecified atom stereocenters. The summed E-state index contributed by atoms with van der Waals surface area (Å²) in [6.07, 6.45) is -3.46. The highest BCUT2D eigenvalue weighted by molar-refractivity contribution is 6.04. The van der Waals surface area contributed by atoms with Crippen LogP contribution in [0.3, 0.4) is 0 Å². The summed E-state index contributed by atoms with van der Waals surface area (Å²) in [6, 6.07) is 10.0. The van der Waals surface area contributed by atoms with Crippen LogP contribution in [0.5, 0.6) is 11.5 Å². The molecule has 0 amide bonds. The molecule has 1 aliphatic heterocycles. The van der Waals surface area contributed by atoms with Gasteiger partial charge in [0.25, 0.3) is 0 Å². The van der Waals surface area contributed by atoms with Crippen LogP contribution < -0.4 is 14.8 Å². The Bertz CT molecular complexity index is 1360. The van der Waals surface area contributed by atoms with E-state index in [9.17, 15) is 22.8 Å². The van der Waals surface area contributed by atoms with E-state index in [0.717, 1.165) is 17.8 Å². The number of carbonyl (C=O) groups is 2. The molecular weight excluding hydrogens is 511 g/mol. The number of methoxy groups -OCH3 is 1. The zero-order valence-corrected chi connectivity index (χ0v) is 22.6. The van der Waals surface area contributed by atoms with Crippen LogP contribution in [0.15, 0.2) is 65.0 Å². The van der Waals surface area contributed by atoms with Gasteiger partial charge in [0.05, 0.1) is 24.9 Å². The van der Waals surface area contributed by atoms with Crippen molar-refractivity contribution in [3.63, 3.8) is 0 Å². The summed E-state index contributed by atoms with van der Waals surface area (Å²) in [6.45, 7) is 7.65. The average molecular weight is 544 g/mol. The van der Waals surface area contributed by atoms with E-state index in [4.69, 9.17) is 14.2 Å². The number of hydrogen-bond donors (Lipinski definition) is 1. The first-order chi connectivity index (χ1) is 18.3. The zero-order chi connectivity index (χ0) is 28.5. The van der Waals surface area contributed by atoms with Gasteiger partial charge in [-0.3, -0.25) is 4.79 Å². The Balaban J connectivity index is 1.71. The van der Waals surface area contributed by atoms with Gasteiger partial charge in [-0.25, -0.2) is 4.79 Å². The highest BCUT2D eigenvalue weighted by Crippen LogP contribution is 2.48. The lowest BCUT2D eigenvalue weighted by Crippen LogP contribution is -2.38. The normalized spacial score (nSPS) is 18.9. The number of nitrogens with one attached hydrogen (secondary N) is 1. The van der Waals surface area contributed by atoms with Crippen molar-refractivity contribution in [2.24, 2.45) is 5.41 Å². The largest absolute Gasteiger partial charge is 0.493 e. The Kier molecular flexibility index (Phi) is 7.82. The van der Waals surface area contributed by atoms with Crippen molar-refractivity contribution in [2.45, 2.75) is 59.2 Å². The van der Waals surface area contributed by atoms with Gasteiger partial charge in [0, 0.05) is 29.3 Å². The number of benzene rings is 2. The first-order valence-corrected chi connectivity index (χ1v) is 12.7. The highest BCUT2D eigenvalue weighted by Gasteiger charge is 2.43. The van der Waals surface area contributed by atoms with Crippen molar-refractivity contribution in [2.75, 3.05) is 13.7 Å². The Morgan fingerprint density at radius 3 is 2.51 bits per heavy atom. The molecule has 9 heteroatoms. The number of hydrogen-bond acceptors (Lipinski definition) is 6. The van der Waals surface area contributed by atoms with Crippen LogP contribution in [-0.4, -0.2) is 25.5 Å². The molecule has 0 saturated heterocycles. The minimum absolute atomic E-state index is 0.0445. The van der Waals surface area contributed by atoms with E-state index in [2.05, 4.69) is 5.32 Å². The summed E-state index contributed by atoms with van der Waals surface area (Å²) in [5.41, 5.74) is 2.29. The fourth-order valence-corrected chi connectivity index (χ4v) is 5.23. The quantitative estimate of drug-likeness (QED) is 0.404. The van der Waals surface area contributed by atoms with Crippen molar-refractivity contribution >= 4 is 11.8 Å². The predicted molar refractivity (Wildman–Crippen MR) is 139 cm³/mol. The lowest BCUT2D eigenvalue weighted by molar-refractivity contribution is -0.139. The number of Topliss-reactive ketones (excluding diaryl/α,β-unsaturated/α-hetero) is 1. The van der Waals surface area contributed by atoms with Crippen LogP contribution in [0.4, 0.5) is 13.2 Å². The molecule has 2 aromatic carbocycles. The van der Waals surface area contributed by atoms with Gasteiger partial charge < -0.3 is 19.5 Å². The fraction of sp³-hybridized carbons (Fsp3) is 0.400. The molecule has 0 fully saturated rings. The van der Waals surface area contributed by atoms with E-state index in [1.54, 1.807) is 38.1 Å². The molecule has 208 valence electrons. The summed E-state index contributed by atoms with van der Waals surface area (Å²) >= 11 is 0. The van der Waals surface area contributed by atoms with Crippen LogP contribution in [0.1, 0.15) is 63.1 Å². The van der Waals surface area contributed by atoms with Crippen LogP contribution in [0.2, 0.25) is 0 Å². The fourth-order valence-electron chi connectivity index (χ4n) is 5.23. The van der Waals surface area contributed by atoms with E-state index in [1.807, 2.05) is 13.8 Å². The van der Waals surface area contributed by atoms with Gasteiger partial charge in [0.1, 0.15) is 6.61 Å². The third-order valence-corrected chi connectivity index (χ3v) is 6.90. The number of esters is 1. The summed E-state index contributed by atoms with van der Waals surface area (Å²) in [5, 5.41) is 3.29. The number of ether oxygens (including phenoxy) is 3. The molecule has 1 N–H and O–H groups in total. The number of halogens is 3. The Morgan fingerprint density at radius 1 is 1.10 bits per heavy atom. The van der Waals surface area contributed by atoms with Crippen LogP contribution >= 0.6 is 0 Å². The molecule has 1 atom stereocenters. The van der Waals surface area contributed by atoms with E-state index < -0.39 is 23.6 Å². The van der Waals surface area contributed by atoms with Gasteiger partial charge in [0.15, 0.2) is 17.3 Å². The predicted octanol–water partition coefficient (Wildman–Crippen LogP) is 6.46. The molecule has 2 aliphatic rings. The van der Waals surface area contributed by atoms with E-state index in [-0.39, 0.29) is 24.4 Å². The summed E-state index contributed by atoms with van der Waals surface area (Å²) < 4.78 is 56.0. The van der Waals surface area contributed by atoms with Crippen LogP contribution in [-0.2, 0) is 27.1 Å². The van der Waals surface area contributed by atoms with Gasteiger partial charge in [-0.15, -0.1) is 0 Å². The van der Waals surface area contributed by atoms with Gasteiger partial charge >= 0.3 is 12.1 Å². The Morgan fingerprint density at radius 2 is 1.85 bits per heavy atom. The minimum atomic E-state index is -4.45. The minimum Gasteiger partial charge on any atom is -0.493 e. The van der Waals surface area contributed by atoms with E-state index in [1.165, 1.54) is 13.2 Å². The molecule has 1 heterocycles. The van der Waals surface area contributed by atoms with Gasteiger partial charge in [-0.05, 0) is 61.1 Å². The molecule has 1 aliphatic carbocycles. The molecule has 39 heavy (non-hydrogen) atoms. The van der Waals surface area contributed by atoms with Gasteiger partial charge in [-0.2, -0.15) is 13.2 Å². The van der Waals surface area contributed by atoms with Crippen LogP contribution in [0, 0.1) is 5.41 Å². The third kappa shape index (κ3) is 5.97. The smallest absolute Gasteiger partial charge is 0.416 e. The molecule has 0 spiro atoms. The van der Waals surface area contributed by atoms with E-state index in [0.29, 0.717) is 52.3 Å². The lowest BCUT2D eigenvalue weighted by Gasteiger charge is -2.39. The first kappa shape index (κ1) is 28.3. The van der Waals surface area contributed by atoms with Crippen molar-refractivity contribution in [1.82, 2.24) is 5.32 Å². The number of allylic oxidation sites excluding steroid dienone is 3. The zero-order valence-electron chi connectivity index (χ0n) is 22.6.